The Morgan fingerprint density at radius 2 is 1.81 bits per heavy atom. The van der Waals surface area contributed by atoms with Crippen LogP contribution in [0, 0.1) is 5.82 Å². The zero-order chi connectivity index (χ0) is 18.9. The smallest absolute Gasteiger partial charge is 0.255 e. The highest BCUT2D eigenvalue weighted by Gasteiger charge is 2.37. The van der Waals surface area contributed by atoms with Crippen molar-refractivity contribution in [2.75, 3.05) is 16.8 Å². The SMILES string of the molecule is O=C(Nc1cccc(F)c1)c1ccc(S(=O)(=O)C2CCS(=O)(=O)C2)cc1. The van der Waals surface area contributed by atoms with E-state index in [-0.39, 0.29) is 34.1 Å². The van der Waals surface area contributed by atoms with E-state index < -0.39 is 36.6 Å². The van der Waals surface area contributed by atoms with Crippen molar-refractivity contribution in [3.63, 3.8) is 0 Å². The lowest BCUT2D eigenvalue weighted by molar-refractivity contribution is 0.102. The minimum atomic E-state index is -3.78. The Balaban J connectivity index is 1.77. The van der Waals surface area contributed by atoms with Crippen molar-refractivity contribution in [3.05, 3.63) is 59.9 Å². The lowest BCUT2D eigenvalue weighted by Crippen LogP contribution is -2.22. The number of nitrogens with one attached hydrogen (secondary N) is 1. The van der Waals surface area contributed by atoms with E-state index in [1.165, 1.54) is 42.5 Å². The van der Waals surface area contributed by atoms with Crippen molar-refractivity contribution >= 4 is 31.3 Å². The molecule has 1 fully saturated rings. The van der Waals surface area contributed by atoms with Gasteiger partial charge in [0.05, 0.1) is 21.7 Å². The molecule has 1 atom stereocenters. The van der Waals surface area contributed by atoms with Gasteiger partial charge in [0.15, 0.2) is 19.7 Å². The van der Waals surface area contributed by atoms with Gasteiger partial charge in [-0.15, -0.1) is 0 Å². The van der Waals surface area contributed by atoms with Gasteiger partial charge in [0.25, 0.3) is 5.91 Å². The first-order valence-electron chi connectivity index (χ1n) is 7.79. The van der Waals surface area contributed by atoms with E-state index in [0.717, 1.165) is 6.07 Å². The Labute approximate surface area is 150 Å². The van der Waals surface area contributed by atoms with Crippen molar-refractivity contribution in [2.24, 2.45) is 0 Å². The Kier molecular flexibility index (Phi) is 4.85. The quantitative estimate of drug-likeness (QED) is 0.851. The summed E-state index contributed by atoms with van der Waals surface area (Å²) in [7, 11) is -7.10. The van der Waals surface area contributed by atoms with Gasteiger partial charge in [-0.05, 0) is 48.9 Å². The molecule has 2 aromatic rings. The van der Waals surface area contributed by atoms with Crippen LogP contribution in [0.1, 0.15) is 16.8 Å². The Bertz CT molecular complexity index is 1050. The molecule has 138 valence electrons. The maximum absolute atomic E-state index is 13.1. The van der Waals surface area contributed by atoms with Crippen LogP contribution in [0.3, 0.4) is 0 Å². The summed E-state index contributed by atoms with van der Waals surface area (Å²) in [5.41, 5.74) is 0.482. The fourth-order valence-corrected chi connectivity index (χ4v) is 7.12. The molecule has 1 aliphatic rings. The average Bonchev–Trinajstić information content (AvgIpc) is 2.96. The Morgan fingerprint density at radius 1 is 1.12 bits per heavy atom. The van der Waals surface area contributed by atoms with Gasteiger partial charge < -0.3 is 5.32 Å². The van der Waals surface area contributed by atoms with E-state index in [9.17, 15) is 26.0 Å². The minimum Gasteiger partial charge on any atom is -0.322 e. The Hall–Kier alpha value is -2.26. The molecule has 1 amide bonds. The van der Waals surface area contributed by atoms with Crippen LogP contribution in [0.2, 0.25) is 0 Å². The van der Waals surface area contributed by atoms with Crippen LogP contribution in [0.15, 0.2) is 53.4 Å². The largest absolute Gasteiger partial charge is 0.322 e. The number of carbonyl (C=O) groups is 1. The summed E-state index contributed by atoms with van der Waals surface area (Å²) < 4.78 is 61.2. The molecule has 0 aliphatic carbocycles. The highest BCUT2D eigenvalue weighted by atomic mass is 32.2. The third-order valence-corrected chi connectivity index (χ3v) is 8.35. The number of carbonyl (C=O) groups excluding carboxylic acids is 1. The van der Waals surface area contributed by atoms with Crippen LogP contribution >= 0.6 is 0 Å². The monoisotopic (exact) mass is 397 g/mol. The third kappa shape index (κ3) is 3.94. The maximum atomic E-state index is 13.1. The molecule has 26 heavy (non-hydrogen) atoms. The van der Waals surface area contributed by atoms with Gasteiger partial charge in [-0.1, -0.05) is 6.07 Å². The van der Waals surface area contributed by atoms with Crippen molar-refractivity contribution in [1.82, 2.24) is 0 Å². The van der Waals surface area contributed by atoms with Crippen molar-refractivity contribution < 1.29 is 26.0 Å². The first-order valence-corrected chi connectivity index (χ1v) is 11.2. The minimum absolute atomic E-state index is 0.0260. The molecule has 0 saturated carbocycles. The van der Waals surface area contributed by atoms with Gasteiger partial charge in [-0.25, -0.2) is 21.2 Å². The molecule has 6 nitrogen and oxygen atoms in total. The zero-order valence-corrected chi connectivity index (χ0v) is 15.2. The van der Waals surface area contributed by atoms with E-state index in [4.69, 9.17) is 0 Å². The number of sulfone groups is 2. The Morgan fingerprint density at radius 3 is 2.38 bits per heavy atom. The van der Waals surface area contributed by atoms with E-state index in [0.29, 0.717) is 0 Å². The number of amides is 1. The molecular formula is C17H16FNO5S2. The standard InChI is InChI=1S/C17H16FNO5S2/c18-13-2-1-3-14(10-13)19-17(20)12-4-6-15(7-5-12)26(23,24)16-8-9-25(21,22)11-16/h1-7,10,16H,8-9,11H2,(H,19,20). The fourth-order valence-electron chi connectivity index (χ4n) is 2.76. The van der Waals surface area contributed by atoms with Gasteiger partial charge in [0, 0.05) is 11.3 Å². The first-order chi connectivity index (χ1) is 12.2. The van der Waals surface area contributed by atoms with Crippen molar-refractivity contribution in [3.8, 4) is 0 Å². The fraction of sp³-hybridized carbons (Fsp3) is 0.235. The molecule has 1 N–H and O–H groups in total. The second kappa shape index (κ2) is 6.81. The molecule has 1 aliphatic heterocycles. The number of hydrogen-bond donors (Lipinski definition) is 1. The van der Waals surface area contributed by atoms with E-state index in [1.807, 2.05) is 0 Å². The van der Waals surface area contributed by atoms with Crippen LogP contribution < -0.4 is 5.32 Å². The summed E-state index contributed by atoms with van der Waals surface area (Å²) >= 11 is 0. The summed E-state index contributed by atoms with van der Waals surface area (Å²) in [6.45, 7) is 0. The summed E-state index contributed by atoms with van der Waals surface area (Å²) in [5, 5.41) is 1.56. The lowest BCUT2D eigenvalue weighted by Gasteiger charge is -2.11. The summed E-state index contributed by atoms with van der Waals surface area (Å²) in [6, 6.07) is 10.6. The second-order valence-electron chi connectivity index (χ2n) is 6.06. The van der Waals surface area contributed by atoms with Crippen LogP contribution in [0.25, 0.3) is 0 Å². The van der Waals surface area contributed by atoms with Crippen molar-refractivity contribution in [1.29, 1.82) is 0 Å². The number of halogens is 1. The number of rotatable bonds is 4. The highest BCUT2D eigenvalue weighted by Crippen LogP contribution is 2.25. The molecular weight excluding hydrogens is 381 g/mol. The average molecular weight is 397 g/mol. The third-order valence-electron chi connectivity index (χ3n) is 4.16. The zero-order valence-electron chi connectivity index (χ0n) is 13.6. The predicted molar refractivity (Wildman–Crippen MR) is 95.0 cm³/mol. The summed E-state index contributed by atoms with van der Waals surface area (Å²) in [6.07, 6.45) is 0.0759. The van der Waals surface area contributed by atoms with Gasteiger partial charge in [-0.3, -0.25) is 4.79 Å². The summed E-state index contributed by atoms with van der Waals surface area (Å²) in [4.78, 5) is 12.1. The molecule has 1 unspecified atom stereocenters. The van der Waals surface area contributed by atoms with Crippen molar-refractivity contribution in [2.45, 2.75) is 16.6 Å². The van der Waals surface area contributed by atoms with E-state index >= 15 is 0 Å². The first kappa shape index (κ1) is 18.5. The molecule has 0 bridgehead atoms. The topological polar surface area (TPSA) is 97.4 Å². The molecule has 0 aromatic heterocycles. The number of benzene rings is 2. The normalized spacial score (nSPS) is 19.2. The predicted octanol–water partition coefficient (Wildman–Crippen LogP) is 2.04. The lowest BCUT2D eigenvalue weighted by atomic mass is 10.2. The highest BCUT2D eigenvalue weighted by molar-refractivity contribution is 7.96. The second-order valence-corrected chi connectivity index (χ2v) is 10.5. The van der Waals surface area contributed by atoms with Gasteiger partial charge >= 0.3 is 0 Å². The molecule has 1 heterocycles. The van der Waals surface area contributed by atoms with Crippen LogP contribution in [-0.4, -0.2) is 39.5 Å². The van der Waals surface area contributed by atoms with Gasteiger partial charge in [0.1, 0.15) is 5.82 Å². The molecule has 0 radical (unpaired) electrons. The molecule has 3 rings (SSSR count). The van der Waals surface area contributed by atoms with Gasteiger partial charge in [0.2, 0.25) is 0 Å². The van der Waals surface area contributed by atoms with Crippen LogP contribution in [0.4, 0.5) is 10.1 Å². The van der Waals surface area contributed by atoms with E-state index in [1.54, 1.807) is 0 Å². The molecule has 1 saturated heterocycles. The molecule has 9 heteroatoms. The molecule has 0 spiro atoms. The maximum Gasteiger partial charge on any atom is 0.255 e. The van der Waals surface area contributed by atoms with Crippen LogP contribution in [-0.2, 0) is 19.7 Å². The number of hydrogen-bond acceptors (Lipinski definition) is 5. The molecule has 2 aromatic carbocycles. The van der Waals surface area contributed by atoms with Gasteiger partial charge in [-0.2, -0.15) is 0 Å². The summed E-state index contributed by atoms with van der Waals surface area (Å²) in [5.74, 6) is -1.51. The van der Waals surface area contributed by atoms with E-state index in [2.05, 4.69) is 5.32 Å². The number of anilines is 1. The van der Waals surface area contributed by atoms with Crippen LogP contribution in [0.5, 0.6) is 0 Å².